The molecule has 0 aliphatic heterocycles. The molecule has 1 aliphatic carbocycles. The zero-order valence-corrected chi connectivity index (χ0v) is 11.0. The first kappa shape index (κ1) is 10.4. The first-order valence-electron chi connectivity index (χ1n) is 5.23. The van der Waals surface area contributed by atoms with E-state index in [9.17, 15) is 0 Å². The number of nitrogens with zero attached hydrogens (tertiary/aromatic N) is 3. The van der Waals surface area contributed by atoms with Crippen molar-refractivity contribution in [3.05, 3.63) is 38.8 Å². The van der Waals surface area contributed by atoms with E-state index in [2.05, 4.69) is 30.9 Å². The van der Waals surface area contributed by atoms with Gasteiger partial charge in [-0.2, -0.15) is 0 Å². The van der Waals surface area contributed by atoms with Crippen molar-refractivity contribution in [3.8, 4) is 0 Å². The van der Waals surface area contributed by atoms with E-state index in [1.165, 1.54) is 12.8 Å². The average Bonchev–Trinajstić information content (AvgIpc) is 2.98. The predicted molar refractivity (Wildman–Crippen MR) is 66.6 cm³/mol. The normalized spacial score (nSPS) is 15.3. The Morgan fingerprint density at radius 3 is 2.94 bits per heavy atom. The summed E-state index contributed by atoms with van der Waals surface area (Å²) < 4.78 is 0.885. The van der Waals surface area contributed by atoms with Gasteiger partial charge in [0.1, 0.15) is 10.4 Å². The lowest BCUT2D eigenvalue weighted by atomic mass is 10.3. The minimum absolute atomic E-state index is 0.590. The van der Waals surface area contributed by atoms with Gasteiger partial charge in [0.25, 0.3) is 0 Å². The minimum Gasteiger partial charge on any atom is -0.249 e. The molecular formula is C11H10BrN3S. The van der Waals surface area contributed by atoms with Crippen molar-refractivity contribution >= 4 is 27.3 Å². The van der Waals surface area contributed by atoms with Crippen LogP contribution in [0.1, 0.15) is 35.3 Å². The Bertz CT molecular complexity index is 494. The van der Waals surface area contributed by atoms with Gasteiger partial charge >= 0.3 is 0 Å². The molecule has 0 unspecified atom stereocenters. The van der Waals surface area contributed by atoms with Crippen molar-refractivity contribution < 1.29 is 0 Å². The summed E-state index contributed by atoms with van der Waals surface area (Å²) in [7, 11) is 0. The van der Waals surface area contributed by atoms with Gasteiger partial charge in [0, 0.05) is 23.9 Å². The number of hydrogen-bond acceptors (Lipinski definition) is 4. The van der Waals surface area contributed by atoms with E-state index < -0.39 is 0 Å². The van der Waals surface area contributed by atoms with Crippen molar-refractivity contribution in [2.75, 3.05) is 0 Å². The fourth-order valence-corrected chi connectivity index (χ4v) is 2.67. The van der Waals surface area contributed by atoms with Gasteiger partial charge < -0.3 is 0 Å². The largest absolute Gasteiger partial charge is 0.249 e. The van der Waals surface area contributed by atoms with Crippen molar-refractivity contribution in [2.24, 2.45) is 0 Å². The molecule has 2 heterocycles. The summed E-state index contributed by atoms with van der Waals surface area (Å²) in [5.41, 5.74) is 1.05. The fourth-order valence-electron chi connectivity index (χ4n) is 1.59. The lowest BCUT2D eigenvalue weighted by Gasteiger charge is -2.02. The number of rotatable bonds is 3. The van der Waals surface area contributed by atoms with E-state index in [1.807, 2.05) is 17.6 Å². The fraction of sp³-hybridized carbons (Fsp3) is 0.364. The van der Waals surface area contributed by atoms with Crippen molar-refractivity contribution in [3.63, 3.8) is 0 Å². The molecule has 0 N–H and O–H groups in total. The van der Waals surface area contributed by atoms with Gasteiger partial charge in [-0.15, -0.1) is 11.3 Å². The Morgan fingerprint density at radius 2 is 2.25 bits per heavy atom. The summed E-state index contributed by atoms with van der Waals surface area (Å²) in [5.74, 6) is 1.58. The van der Waals surface area contributed by atoms with Crippen LogP contribution < -0.4 is 0 Å². The van der Waals surface area contributed by atoms with Gasteiger partial charge in [0.05, 0.1) is 10.7 Å². The van der Waals surface area contributed by atoms with Crippen LogP contribution in [0.4, 0.5) is 0 Å². The van der Waals surface area contributed by atoms with Gasteiger partial charge in [-0.05, 0) is 34.8 Å². The van der Waals surface area contributed by atoms with Crippen LogP contribution >= 0.6 is 27.3 Å². The van der Waals surface area contributed by atoms with Gasteiger partial charge in [-0.1, -0.05) is 0 Å². The smallest absolute Gasteiger partial charge is 0.132 e. The van der Waals surface area contributed by atoms with Crippen LogP contribution in [-0.2, 0) is 6.42 Å². The molecule has 0 atom stereocenters. The van der Waals surface area contributed by atoms with Crippen molar-refractivity contribution in [1.29, 1.82) is 0 Å². The maximum Gasteiger partial charge on any atom is 0.132 e. The molecule has 0 aromatic carbocycles. The van der Waals surface area contributed by atoms with Crippen molar-refractivity contribution in [2.45, 2.75) is 25.2 Å². The maximum absolute atomic E-state index is 4.60. The maximum atomic E-state index is 4.60. The van der Waals surface area contributed by atoms with Crippen LogP contribution in [0, 0.1) is 0 Å². The molecule has 0 saturated heterocycles. The Hall–Kier alpha value is -0.810. The Morgan fingerprint density at radius 1 is 1.38 bits per heavy atom. The highest BCUT2D eigenvalue weighted by Crippen LogP contribution is 2.38. The first-order chi connectivity index (χ1) is 7.81. The van der Waals surface area contributed by atoms with E-state index in [-0.39, 0.29) is 0 Å². The molecule has 2 aromatic rings. The highest BCUT2D eigenvalue weighted by atomic mass is 79.9. The van der Waals surface area contributed by atoms with Gasteiger partial charge in [0.15, 0.2) is 0 Å². The summed E-state index contributed by atoms with van der Waals surface area (Å²) in [6, 6.07) is 1.98. The monoisotopic (exact) mass is 295 g/mol. The summed E-state index contributed by atoms with van der Waals surface area (Å²) in [6.45, 7) is 0. The topological polar surface area (TPSA) is 38.7 Å². The third-order valence-electron chi connectivity index (χ3n) is 2.52. The summed E-state index contributed by atoms with van der Waals surface area (Å²) in [5, 5.41) is 3.10. The van der Waals surface area contributed by atoms with E-state index in [0.717, 1.165) is 27.5 Å². The van der Waals surface area contributed by atoms with Crippen LogP contribution in [0.3, 0.4) is 0 Å². The highest BCUT2D eigenvalue weighted by molar-refractivity contribution is 9.10. The molecule has 82 valence electrons. The van der Waals surface area contributed by atoms with E-state index in [1.54, 1.807) is 11.3 Å². The summed E-state index contributed by atoms with van der Waals surface area (Å²) >= 11 is 5.11. The average molecular weight is 296 g/mol. The lowest BCUT2D eigenvalue weighted by molar-refractivity contribution is 0.874. The Balaban J connectivity index is 1.88. The molecule has 2 aromatic heterocycles. The molecule has 5 heteroatoms. The molecule has 1 fully saturated rings. The quantitative estimate of drug-likeness (QED) is 0.817. The minimum atomic E-state index is 0.590. The highest BCUT2D eigenvalue weighted by Gasteiger charge is 2.27. The number of hydrogen-bond donors (Lipinski definition) is 0. The van der Waals surface area contributed by atoms with E-state index in [0.29, 0.717) is 5.92 Å². The van der Waals surface area contributed by atoms with Crippen LogP contribution in [-0.4, -0.2) is 15.0 Å². The zero-order valence-electron chi connectivity index (χ0n) is 8.56. The van der Waals surface area contributed by atoms with Crippen LogP contribution in [0.2, 0.25) is 0 Å². The molecule has 0 radical (unpaired) electrons. The van der Waals surface area contributed by atoms with Crippen LogP contribution in [0.5, 0.6) is 0 Å². The standard InChI is InChI=1S/C11H10BrN3S/c12-9-5-8(6-10-13-3-4-16-10)14-11(15-9)7-1-2-7/h3-5,7H,1-2,6H2. The molecule has 1 aliphatic rings. The molecule has 0 spiro atoms. The second-order valence-corrected chi connectivity index (χ2v) is 5.71. The third-order valence-corrected chi connectivity index (χ3v) is 3.71. The second kappa shape index (κ2) is 4.22. The van der Waals surface area contributed by atoms with Crippen LogP contribution in [0.25, 0.3) is 0 Å². The third kappa shape index (κ3) is 2.30. The van der Waals surface area contributed by atoms with E-state index >= 15 is 0 Å². The van der Waals surface area contributed by atoms with Gasteiger partial charge in [-0.3, -0.25) is 0 Å². The Labute approximate surface area is 106 Å². The number of aromatic nitrogens is 3. The van der Waals surface area contributed by atoms with E-state index in [4.69, 9.17) is 0 Å². The zero-order chi connectivity index (χ0) is 11.0. The molecule has 0 amide bonds. The SMILES string of the molecule is Brc1cc(Cc2nccs2)nc(C2CC2)n1. The molecule has 1 saturated carbocycles. The molecule has 3 nitrogen and oxygen atoms in total. The number of thiazole rings is 1. The molecule has 0 bridgehead atoms. The van der Waals surface area contributed by atoms with Crippen LogP contribution in [0.15, 0.2) is 22.2 Å². The van der Waals surface area contributed by atoms with Crippen molar-refractivity contribution in [1.82, 2.24) is 15.0 Å². The first-order valence-corrected chi connectivity index (χ1v) is 6.90. The van der Waals surface area contributed by atoms with Gasteiger partial charge in [-0.25, -0.2) is 15.0 Å². The predicted octanol–water partition coefficient (Wildman–Crippen LogP) is 3.16. The summed E-state index contributed by atoms with van der Waals surface area (Å²) in [4.78, 5) is 13.3. The summed E-state index contributed by atoms with van der Waals surface area (Å²) in [6.07, 6.45) is 5.09. The second-order valence-electron chi connectivity index (χ2n) is 3.92. The molecule has 16 heavy (non-hydrogen) atoms. The van der Waals surface area contributed by atoms with Gasteiger partial charge in [0.2, 0.25) is 0 Å². The number of halogens is 1. The molecular weight excluding hydrogens is 286 g/mol. The Kier molecular flexibility index (Phi) is 2.73. The molecule has 3 rings (SSSR count). The lowest BCUT2D eigenvalue weighted by Crippen LogP contribution is -1.99.